The zero-order chi connectivity index (χ0) is 14.3. The Kier molecular flexibility index (Phi) is 3.03. The summed E-state index contributed by atoms with van der Waals surface area (Å²) < 4.78 is 10.8. The van der Waals surface area contributed by atoms with E-state index in [1.54, 1.807) is 0 Å². The SMILES string of the molecule is O=C(c1cccc2c1OCO2)N1CCC2(CCNC2)CC1. The number of para-hydroxylation sites is 1. The molecule has 3 aliphatic heterocycles. The van der Waals surface area contributed by atoms with Gasteiger partial charge < -0.3 is 19.7 Å². The number of piperidine rings is 1. The molecule has 0 atom stereocenters. The van der Waals surface area contributed by atoms with E-state index in [0.717, 1.165) is 39.0 Å². The smallest absolute Gasteiger partial charge is 0.257 e. The third kappa shape index (κ3) is 2.16. The van der Waals surface area contributed by atoms with Crippen LogP contribution in [-0.4, -0.2) is 43.8 Å². The molecule has 1 aromatic carbocycles. The van der Waals surface area contributed by atoms with E-state index in [9.17, 15) is 4.79 Å². The van der Waals surface area contributed by atoms with Crippen molar-refractivity contribution in [1.82, 2.24) is 10.2 Å². The highest BCUT2D eigenvalue weighted by Crippen LogP contribution is 2.39. The summed E-state index contributed by atoms with van der Waals surface area (Å²) in [7, 11) is 0. The number of likely N-dealkylation sites (tertiary alicyclic amines) is 1. The second kappa shape index (κ2) is 4.91. The van der Waals surface area contributed by atoms with Crippen LogP contribution in [0.4, 0.5) is 0 Å². The van der Waals surface area contributed by atoms with E-state index in [0.29, 0.717) is 22.5 Å². The normalized spacial score (nSPS) is 22.8. The number of hydrogen-bond donors (Lipinski definition) is 1. The number of nitrogens with one attached hydrogen (secondary N) is 1. The summed E-state index contributed by atoms with van der Waals surface area (Å²) in [6, 6.07) is 5.53. The Balaban J connectivity index is 1.50. The number of hydrogen-bond acceptors (Lipinski definition) is 4. The van der Waals surface area contributed by atoms with Gasteiger partial charge in [-0.15, -0.1) is 0 Å². The molecule has 5 heteroatoms. The van der Waals surface area contributed by atoms with Gasteiger partial charge in [0.1, 0.15) is 0 Å². The highest BCUT2D eigenvalue weighted by molar-refractivity contribution is 5.98. The molecule has 1 N–H and O–H groups in total. The number of amides is 1. The first kappa shape index (κ1) is 13.0. The summed E-state index contributed by atoms with van der Waals surface area (Å²) in [5.41, 5.74) is 1.06. The number of carbonyl (C=O) groups is 1. The molecule has 2 fully saturated rings. The van der Waals surface area contributed by atoms with Gasteiger partial charge >= 0.3 is 0 Å². The predicted molar refractivity (Wildman–Crippen MR) is 77.6 cm³/mol. The van der Waals surface area contributed by atoms with Crippen molar-refractivity contribution in [2.45, 2.75) is 19.3 Å². The lowest BCUT2D eigenvalue weighted by Gasteiger charge is -2.39. The maximum Gasteiger partial charge on any atom is 0.257 e. The van der Waals surface area contributed by atoms with Crippen LogP contribution < -0.4 is 14.8 Å². The fraction of sp³-hybridized carbons (Fsp3) is 0.562. The maximum absolute atomic E-state index is 12.7. The first-order valence-corrected chi connectivity index (χ1v) is 7.66. The summed E-state index contributed by atoms with van der Waals surface area (Å²) in [6.07, 6.45) is 3.43. The van der Waals surface area contributed by atoms with Gasteiger partial charge in [-0.05, 0) is 43.4 Å². The predicted octanol–water partition coefficient (Wildman–Crippen LogP) is 1.63. The molecule has 1 amide bonds. The van der Waals surface area contributed by atoms with Crippen molar-refractivity contribution in [3.05, 3.63) is 23.8 Å². The zero-order valence-electron chi connectivity index (χ0n) is 12.1. The molecule has 3 heterocycles. The number of fused-ring (bicyclic) bond motifs is 1. The van der Waals surface area contributed by atoms with E-state index in [2.05, 4.69) is 5.32 Å². The van der Waals surface area contributed by atoms with Crippen molar-refractivity contribution < 1.29 is 14.3 Å². The van der Waals surface area contributed by atoms with Gasteiger partial charge in [-0.2, -0.15) is 0 Å². The Hall–Kier alpha value is -1.75. The molecule has 0 radical (unpaired) electrons. The topological polar surface area (TPSA) is 50.8 Å². The molecule has 1 spiro atoms. The van der Waals surface area contributed by atoms with Crippen molar-refractivity contribution in [3.8, 4) is 11.5 Å². The minimum absolute atomic E-state index is 0.0677. The van der Waals surface area contributed by atoms with Gasteiger partial charge in [-0.3, -0.25) is 4.79 Å². The Morgan fingerprint density at radius 1 is 1.19 bits per heavy atom. The molecule has 0 bridgehead atoms. The van der Waals surface area contributed by atoms with E-state index < -0.39 is 0 Å². The van der Waals surface area contributed by atoms with Crippen molar-refractivity contribution >= 4 is 5.91 Å². The quantitative estimate of drug-likeness (QED) is 0.853. The van der Waals surface area contributed by atoms with Crippen molar-refractivity contribution in [2.75, 3.05) is 33.0 Å². The van der Waals surface area contributed by atoms with Crippen LogP contribution in [0.2, 0.25) is 0 Å². The summed E-state index contributed by atoms with van der Waals surface area (Å²) in [5.74, 6) is 1.35. The monoisotopic (exact) mass is 288 g/mol. The van der Waals surface area contributed by atoms with Crippen molar-refractivity contribution in [3.63, 3.8) is 0 Å². The van der Waals surface area contributed by atoms with Crippen LogP contribution in [0.3, 0.4) is 0 Å². The summed E-state index contributed by atoms with van der Waals surface area (Å²) in [6.45, 7) is 4.10. The van der Waals surface area contributed by atoms with Crippen LogP contribution in [0.15, 0.2) is 18.2 Å². The average Bonchev–Trinajstić information content (AvgIpc) is 3.16. The van der Waals surface area contributed by atoms with Crippen LogP contribution in [0.25, 0.3) is 0 Å². The summed E-state index contributed by atoms with van der Waals surface area (Å²) >= 11 is 0. The van der Waals surface area contributed by atoms with Crippen LogP contribution >= 0.6 is 0 Å². The standard InChI is InChI=1S/C16H20N2O3/c19-15(12-2-1-3-13-14(12)21-11-20-13)18-8-5-16(6-9-18)4-7-17-10-16/h1-3,17H,4-11H2. The lowest BCUT2D eigenvalue weighted by atomic mass is 9.78. The average molecular weight is 288 g/mol. The number of benzene rings is 1. The molecule has 0 unspecified atom stereocenters. The Morgan fingerprint density at radius 3 is 2.81 bits per heavy atom. The third-order valence-corrected chi connectivity index (χ3v) is 5.07. The molecular weight excluding hydrogens is 268 g/mol. The van der Waals surface area contributed by atoms with Crippen LogP contribution in [0, 0.1) is 5.41 Å². The molecule has 2 saturated heterocycles. The van der Waals surface area contributed by atoms with Crippen LogP contribution in [0.1, 0.15) is 29.6 Å². The highest BCUT2D eigenvalue weighted by atomic mass is 16.7. The van der Waals surface area contributed by atoms with E-state index in [4.69, 9.17) is 9.47 Å². The van der Waals surface area contributed by atoms with Gasteiger partial charge in [0.05, 0.1) is 5.56 Å². The first-order chi connectivity index (χ1) is 10.3. The van der Waals surface area contributed by atoms with Gasteiger partial charge in [0.2, 0.25) is 6.79 Å². The molecule has 5 nitrogen and oxygen atoms in total. The minimum atomic E-state index is 0.0677. The molecule has 0 aromatic heterocycles. The van der Waals surface area contributed by atoms with Crippen LogP contribution in [-0.2, 0) is 0 Å². The van der Waals surface area contributed by atoms with E-state index in [1.807, 2.05) is 23.1 Å². The fourth-order valence-electron chi connectivity index (χ4n) is 3.68. The lowest BCUT2D eigenvalue weighted by molar-refractivity contribution is 0.0603. The number of ether oxygens (including phenoxy) is 2. The van der Waals surface area contributed by atoms with Gasteiger partial charge in [0.25, 0.3) is 5.91 Å². The van der Waals surface area contributed by atoms with Gasteiger partial charge in [-0.25, -0.2) is 0 Å². The maximum atomic E-state index is 12.7. The molecule has 0 saturated carbocycles. The number of carbonyl (C=O) groups excluding carboxylic acids is 1. The Morgan fingerprint density at radius 2 is 2.05 bits per heavy atom. The summed E-state index contributed by atoms with van der Waals surface area (Å²) in [4.78, 5) is 14.7. The Labute approximate surface area is 124 Å². The molecule has 112 valence electrons. The van der Waals surface area contributed by atoms with Gasteiger partial charge in [0, 0.05) is 19.6 Å². The van der Waals surface area contributed by atoms with E-state index in [-0.39, 0.29) is 12.7 Å². The Bertz CT molecular complexity index is 557. The second-order valence-corrected chi connectivity index (χ2v) is 6.26. The summed E-state index contributed by atoms with van der Waals surface area (Å²) in [5, 5.41) is 3.45. The first-order valence-electron chi connectivity index (χ1n) is 7.66. The molecule has 4 rings (SSSR count). The van der Waals surface area contributed by atoms with Gasteiger partial charge in [0.15, 0.2) is 11.5 Å². The van der Waals surface area contributed by atoms with Crippen molar-refractivity contribution in [1.29, 1.82) is 0 Å². The molecular formula is C16H20N2O3. The van der Waals surface area contributed by atoms with E-state index in [1.165, 1.54) is 6.42 Å². The van der Waals surface area contributed by atoms with Gasteiger partial charge in [-0.1, -0.05) is 6.07 Å². The second-order valence-electron chi connectivity index (χ2n) is 6.26. The molecule has 3 aliphatic rings. The highest BCUT2D eigenvalue weighted by Gasteiger charge is 2.38. The van der Waals surface area contributed by atoms with Crippen molar-refractivity contribution in [2.24, 2.45) is 5.41 Å². The molecule has 1 aromatic rings. The fourth-order valence-corrected chi connectivity index (χ4v) is 3.68. The van der Waals surface area contributed by atoms with E-state index >= 15 is 0 Å². The number of nitrogens with zero attached hydrogens (tertiary/aromatic N) is 1. The molecule has 0 aliphatic carbocycles. The third-order valence-electron chi connectivity index (χ3n) is 5.07. The zero-order valence-corrected chi connectivity index (χ0v) is 12.1. The molecule has 21 heavy (non-hydrogen) atoms. The van der Waals surface area contributed by atoms with Crippen LogP contribution in [0.5, 0.6) is 11.5 Å². The number of rotatable bonds is 1. The minimum Gasteiger partial charge on any atom is -0.454 e. The largest absolute Gasteiger partial charge is 0.454 e. The lowest BCUT2D eigenvalue weighted by Crippen LogP contribution is -2.44.